The fourth-order valence-corrected chi connectivity index (χ4v) is 4.99. The minimum atomic E-state index is -0.601. The number of nitrogens with one attached hydrogen (secondary N) is 1. The fraction of sp³-hybridized carbons (Fsp3) is 0.385. The molecule has 2 aliphatic heterocycles. The first-order valence-electron chi connectivity index (χ1n) is 11.5. The summed E-state index contributed by atoms with van der Waals surface area (Å²) in [5.41, 5.74) is 3.83. The van der Waals surface area contributed by atoms with Gasteiger partial charge in [0.05, 0.1) is 6.04 Å². The second-order valence-corrected chi connectivity index (χ2v) is 8.87. The molecule has 1 N–H and O–H groups in total. The Morgan fingerprint density at radius 2 is 1.88 bits per heavy atom. The third-order valence-electron chi connectivity index (χ3n) is 6.79. The number of anilines is 1. The van der Waals surface area contributed by atoms with E-state index in [1.165, 1.54) is 36.1 Å². The lowest BCUT2D eigenvalue weighted by Gasteiger charge is -2.35. The van der Waals surface area contributed by atoms with Gasteiger partial charge in [-0.05, 0) is 61.7 Å². The van der Waals surface area contributed by atoms with Crippen LogP contribution in [-0.2, 0) is 6.42 Å². The Morgan fingerprint density at radius 1 is 1.06 bits per heavy atom. The van der Waals surface area contributed by atoms with E-state index in [0.29, 0.717) is 12.1 Å². The Labute approximate surface area is 187 Å². The highest BCUT2D eigenvalue weighted by molar-refractivity contribution is 5.96. The summed E-state index contributed by atoms with van der Waals surface area (Å²) in [6.45, 7) is 3.55. The van der Waals surface area contributed by atoms with Crippen LogP contribution in [0, 0.1) is 0 Å². The SMILES string of the molecule is CN1CCc2cc([C@@H](CNC(=O)c3cc4ccccc4oc3=O)N3CCCCC3)ccc21. The summed E-state index contributed by atoms with van der Waals surface area (Å²) in [7, 11) is 2.13. The third kappa shape index (κ3) is 4.02. The van der Waals surface area contributed by atoms with E-state index >= 15 is 0 Å². The van der Waals surface area contributed by atoms with Crippen LogP contribution in [0.1, 0.15) is 46.8 Å². The highest BCUT2D eigenvalue weighted by Gasteiger charge is 2.26. The van der Waals surface area contributed by atoms with Crippen molar-refractivity contribution in [3.63, 3.8) is 0 Å². The largest absolute Gasteiger partial charge is 0.422 e. The lowest BCUT2D eigenvalue weighted by molar-refractivity contribution is 0.0921. The highest BCUT2D eigenvalue weighted by Crippen LogP contribution is 2.32. The van der Waals surface area contributed by atoms with Crippen molar-refractivity contribution in [1.29, 1.82) is 0 Å². The minimum Gasteiger partial charge on any atom is -0.422 e. The molecule has 2 aliphatic rings. The summed E-state index contributed by atoms with van der Waals surface area (Å²) in [5, 5.41) is 3.77. The van der Waals surface area contributed by atoms with Crippen molar-refractivity contribution in [1.82, 2.24) is 10.2 Å². The molecule has 32 heavy (non-hydrogen) atoms. The zero-order valence-electron chi connectivity index (χ0n) is 18.5. The Balaban J connectivity index is 1.39. The predicted molar refractivity (Wildman–Crippen MR) is 126 cm³/mol. The average Bonchev–Trinajstić information content (AvgIpc) is 3.19. The molecule has 166 valence electrons. The topological polar surface area (TPSA) is 65.8 Å². The molecule has 0 spiro atoms. The van der Waals surface area contributed by atoms with Crippen molar-refractivity contribution in [3.05, 3.63) is 75.6 Å². The van der Waals surface area contributed by atoms with E-state index in [1.807, 2.05) is 18.2 Å². The molecule has 0 saturated carbocycles. The van der Waals surface area contributed by atoms with Crippen molar-refractivity contribution in [2.24, 2.45) is 0 Å². The van der Waals surface area contributed by atoms with Crippen LogP contribution in [0.25, 0.3) is 11.0 Å². The van der Waals surface area contributed by atoms with E-state index in [-0.39, 0.29) is 17.5 Å². The average molecular weight is 432 g/mol. The van der Waals surface area contributed by atoms with Gasteiger partial charge in [-0.15, -0.1) is 0 Å². The number of likely N-dealkylation sites (tertiary alicyclic amines) is 1. The van der Waals surface area contributed by atoms with Crippen molar-refractivity contribution >= 4 is 22.6 Å². The summed E-state index contributed by atoms with van der Waals surface area (Å²) in [5.74, 6) is -0.382. The van der Waals surface area contributed by atoms with Crippen LogP contribution in [0.2, 0.25) is 0 Å². The molecule has 0 unspecified atom stereocenters. The van der Waals surface area contributed by atoms with Gasteiger partial charge in [0, 0.05) is 31.2 Å². The van der Waals surface area contributed by atoms with Crippen LogP contribution in [0.15, 0.2) is 57.7 Å². The molecule has 1 saturated heterocycles. The van der Waals surface area contributed by atoms with Crippen molar-refractivity contribution in [2.75, 3.05) is 38.1 Å². The monoisotopic (exact) mass is 431 g/mol. The number of carbonyl (C=O) groups excluding carboxylic acids is 1. The summed E-state index contributed by atoms with van der Waals surface area (Å²) in [6, 6.07) is 15.6. The number of fused-ring (bicyclic) bond motifs is 2. The molecule has 1 aromatic heterocycles. The second kappa shape index (κ2) is 8.79. The van der Waals surface area contributed by atoms with Crippen LogP contribution >= 0.6 is 0 Å². The summed E-state index contributed by atoms with van der Waals surface area (Å²) >= 11 is 0. The van der Waals surface area contributed by atoms with E-state index in [2.05, 4.69) is 40.4 Å². The van der Waals surface area contributed by atoms with Crippen LogP contribution in [0.5, 0.6) is 0 Å². The number of hydrogen-bond donors (Lipinski definition) is 1. The molecule has 2 aromatic carbocycles. The van der Waals surface area contributed by atoms with Gasteiger partial charge in [-0.3, -0.25) is 9.69 Å². The van der Waals surface area contributed by atoms with Gasteiger partial charge >= 0.3 is 5.63 Å². The maximum Gasteiger partial charge on any atom is 0.349 e. The molecule has 1 atom stereocenters. The molecule has 1 fully saturated rings. The number of nitrogens with zero attached hydrogens (tertiary/aromatic N) is 2. The van der Waals surface area contributed by atoms with Crippen LogP contribution in [0.4, 0.5) is 5.69 Å². The standard InChI is InChI=1S/C26H29N3O3/c1-28-14-11-19-15-18(9-10-22(19)28)23(29-12-5-2-6-13-29)17-27-25(30)21-16-20-7-3-4-8-24(20)32-26(21)31/h3-4,7-10,15-16,23H,2,5-6,11-14,17H2,1H3,(H,27,30)/t23-/m1/s1. The maximum absolute atomic E-state index is 13.0. The van der Waals surface area contributed by atoms with Crippen LogP contribution in [-0.4, -0.2) is 44.0 Å². The Morgan fingerprint density at radius 3 is 2.72 bits per heavy atom. The molecular weight excluding hydrogens is 402 g/mol. The molecule has 0 bridgehead atoms. The van der Waals surface area contributed by atoms with Gasteiger partial charge in [-0.2, -0.15) is 0 Å². The minimum absolute atomic E-state index is 0.0525. The molecule has 0 aliphatic carbocycles. The smallest absolute Gasteiger partial charge is 0.349 e. The van der Waals surface area contributed by atoms with Crippen molar-refractivity contribution in [2.45, 2.75) is 31.7 Å². The lowest BCUT2D eigenvalue weighted by Crippen LogP contribution is -2.41. The fourth-order valence-electron chi connectivity index (χ4n) is 4.99. The molecule has 6 nitrogen and oxygen atoms in total. The van der Waals surface area contributed by atoms with E-state index in [0.717, 1.165) is 31.4 Å². The first kappa shape index (κ1) is 20.8. The van der Waals surface area contributed by atoms with Gasteiger partial charge < -0.3 is 14.6 Å². The van der Waals surface area contributed by atoms with Gasteiger partial charge in [0.2, 0.25) is 0 Å². The number of para-hydroxylation sites is 1. The summed E-state index contributed by atoms with van der Waals surface area (Å²) in [4.78, 5) is 30.1. The number of piperidine rings is 1. The number of rotatable bonds is 5. The number of likely N-dealkylation sites (N-methyl/N-ethyl adjacent to an activating group) is 1. The zero-order valence-corrected chi connectivity index (χ0v) is 18.5. The van der Waals surface area contributed by atoms with E-state index < -0.39 is 5.63 Å². The molecule has 3 aromatic rings. The molecule has 5 rings (SSSR count). The molecule has 6 heteroatoms. The quantitative estimate of drug-likeness (QED) is 0.624. The first-order chi connectivity index (χ1) is 15.6. The molecule has 0 radical (unpaired) electrons. The van der Waals surface area contributed by atoms with Gasteiger partial charge in [0.15, 0.2) is 0 Å². The van der Waals surface area contributed by atoms with E-state index in [1.54, 1.807) is 12.1 Å². The number of benzene rings is 2. The van der Waals surface area contributed by atoms with E-state index in [9.17, 15) is 9.59 Å². The third-order valence-corrected chi connectivity index (χ3v) is 6.79. The van der Waals surface area contributed by atoms with Crippen LogP contribution < -0.4 is 15.8 Å². The van der Waals surface area contributed by atoms with Gasteiger partial charge in [0.1, 0.15) is 11.1 Å². The zero-order chi connectivity index (χ0) is 22.1. The number of hydrogen-bond acceptors (Lipinski definition) is 5. The van der Waals surface area contributed by atoms with E-state index in [4.69, 9.17) is 4.42 Å². The van der Waals surface area contributed by atoms with Gasteiger partial charge in [0.25, 0.3) is 5.91 Å². The lowest BCUT2D eigenvalue weighted by atomic mass is 9.98. The predicted octanol–water partition coefficient (Wildman–Crippen LogP) is 3.74. The van der Waals surface area contributed by atoms with Crippen LogP contribution in [0.3, 0.4) is 0 Å². The Kier molecular flexibility index (Phi) is 5.70. The number of amides is 1. The first-order valence-corrected chi connectivity index (χ1v) is 11.5. The maximum atomic E-state index is 13.0. The normalized spacial score (nSPS) is 17.3. The van der Waals surface area contributed by atoms with Gasteiger partial charge in [-0.25, -0.2) is 4.79 Å². The molecule has 3 heterocycles. The number of carbonyl (C=O) groups is 1. The Hall–Kier alpha value is -3.12. The molecule has 1 amide bonds. The Bertz CT molecular complexity index is 1200. The molecular formula is C26H29N3O3. The van der Waals surface area contributed by atoms with Crippen molar-refractivity contribution in [3.8, 4) is 0 Å². The summed E-state index contributed by atoms with van der Waals surface area (Å²) < 4.78 is 5.35. The highest BCUT2D eigenvalue weighted by atomic mass is 16.4. The summed E-state index contributed by atoms with van der Waals surface area (Å²) in [6.07, 6.45) is 4.65. The van der Waals surface area contributed by atoms with Gasteiger partial charge in [-0.1, -0.05) is 36.8 Å². The second-order valence-electron chi connectivity index (χ2n) is 8.87. The van der Waals surface area contributed by atoms with Crippen molar-refractivity contribution < 1.29 is 9.21 Å².